The zero-order valence-electron chi connectivity index (χ0n) is 15.1. The topological polar surface area (TPSA) is 49.9 Å². The zero-order chi connectivity index (χ0) is 17.0. The Balaban J connectivity index is 1.22. The molecule has 6 aliphatic rings. The number of ether oxygens (including phenoxy) is 1. The number of hydrogen-bond acceptors (Lipinski definition) is 3. The van der Waals surface area contributed by atoms with E-state index in [-0.39, 0.29) is 17.4 Å². The van der Waals surface area contributed by atoms with Crippen molar-refractivity contribution < 1.29 is 14.3 Å². The number of nitrogens with zero attached hydrogens (tertiary/aromatic N) is 2. The monoisotopic (exact) mass is 346 g/mol. The summed E-state index contributed by atoms with van der Waals surface area (Å²) in [6.45, 7) is 3.48. The average molecular weight is 346 g/mol. The van der Waals surface area contributed by atoms with Gasteiger partial charge in [0.05, 0.1) is 5.41 Å². The predicted octanol–water partition coefficient (Wildman–Crippen LogP) is 2.05. The van der Waals surface area contributed by atoms with Gasteiger partial charge in [0.25, 0.3) is 5.91 Å². The standard InChI is InChI=1S/C20H30N2O3/c23-18(17-2-1-7-25-17)21-3-5-22(6-4-21)19(24)20-11-14-8-15(12-20)10-16(9-14)13-20/h14-17H,1-13H2/t14?,15?,16?,17-,20?/m0/s1. The van der Waals surface area contributed by atoms with Gasteiger partial charge in [0.15, 0.2) is 0 Å². The molecule has 0 radical (unpaired) electrons. The second kappa shape index (κ2) is 5.97. The van der Waals surface area contributed by atoms with Gasteiger partial charge in [-0.25, -0.2) is 0 Å². The summed E-state index contributed by atoms with van der Waals surface area (Å²) >= 11 is 0. The Morgan fingerprint density at radius 1 is 0.840 bits per heavy atom. The summed E-state index contributed by atoms with van der Waals surface area (Å²) in [5, 5.41) is 0. The first kappa shape index (κ1) is 16.1. The van der Waals surface area contributed by atoms with Crippen LogP contribution in [-0.2, 0) is 14.3 Å². The summed E-state index contributed by atoms with van der Waals surface area (Å²) in [6.07, 6.45) is 9.12. The molecule has 0 aromatic rings. The highest BCUT2D eigenvalue weighted by molar-refractivity contribution is 5.84. The number of amides is 2. The summed E-state index contributed by atoms with van der Waals surface area (Å²) < 4.78 is 5.54. The van der Waals surface area contributed by atoms with E-state index in [4.69, 9.17) is 4.74 Å². The molecule has 2 saturated heterocycles. The predicted molar refractivity (Wildman–Crippen MR) is 92.7 cm³/mol. The lowest BCUT2D eigenvalue weighted by molar-refractivity contribution is -0.161. The van der Waals surface area contributed by atoms with Gasteiger partial charge in [-0.2, -0.15) is 0 Å². The molecule has 4 saturated carbocycles. The van der Waals surface area contributed by atoms with Crippen LogP contribution in [0.5, 0.6) is 0 Å². The molecule has 2 aliphatic heterocycles. The van der Waals surface area contributed by atoms with Gasteiger partial charge in [0.1, 0.15) is 6.10 Å². The smallest absolute Gasteiger partial charge is 0.251 e. The Hall–Kier alpha value is -1.10. The number of carbonyl (C=O) groups excluding carboxylic acids is 2. The van der Waals surface area contributed by atoms with Crippen LogP contribution in [0.3, 0.4) is 0 Å². The van der Waals surface area contributed by atoms with Crippen LogP contribution in [0.4, 0.5) is 0 Å². The van der Waals surface area contributed by atoms with E-state index in [1.807, 2.05) is 4.90 Å². The third kappa shape index (κ3) is 2.70. The second-order valence-corrected chi connectivity index (χ2v) is 9.32. The van der Waals surface area contributed by atoms with Crippen LogP contribution >= 0.6 is 0 Å². The Morgan fingerprint density at radius 3 is 1.92 bits per heavy atom. The van der Waals surface area contributed by atoms with Crippen LogP contribution in [0, 0.1) is 23.2 Å². The summed E-state index contributed by atoms with van der Waals surface area (Å²) in [4.78, 5) is 29.9. The van der Waals surface area contributed by atoms with Gasteiger partial charge >= 0.3 is 0 Å². The highest BCUT2D eigenvalue weighted by Crippen LogP contribution is 2.60. The van der Waals surface area contributed by atoms with Crippen LogP contribution in [0.2, 0.25) is 0 Å². The molecule has 4 aliphatic carbocycles. The number of hydrogen-bond donors (Lipinski definition) is 0. The van der Waals surface area contributed by atoms with Crippen molar-refractivity contribution in [2.45, 2.75) is 57.5 Å². The van der Waals surface area contributed by atoms with Crippen molar-refractivity contribution in [3.05, 3.63) is 0 Å². The number of rotatable bonds is 2. The number of carbonyl (C=O) groups is 2. The number of piperazine rings is 1. The molecular formula is C20H30N2O3. The van der Waals surface area contributed by atoms with Gasteiger partial charge in [-0.15, -0.1) is 0 Å². The van der Waals surface area contributed by atoms with Crippen molar-refractivity contribution >= 4 is 11.8 Å². The van der Waals surface area contributed by atoms with E-state index in [9.17, 15) is 9.59 Å². The fourth-order valence-corrected chi connectivity index (χ4v) is 6.81. The molecular weight excluding hydrogens is 316 g/mol. The Morgan fingerprint density at radius 2 is 1.40 bits per heavy atom. The fourth-order valence-electron chi connectivity index (χ4n) is 6.81. The third-order valence-electron chi connectivity index (χ3n) is 7.58. The Kier molecular flexibility index (Phi) is 3.84. The zero-order valence-corrected chi connectivity index (χ0v) is 15.1. The fraction of sp³-hybridized carbons (Fsp3) is 0.900. The molecule has 25 heavy (non-hydrogen) atoms. The lowest BCUT2D eigenvalue weighted by Gasteiger charge is -2.57. The molecule has 6 fully saturated rings. The molecule has 0 unspecified atom stereocenters. The maximum atomic E-state index is 13.4. The molecule has 0 aromatic heterocycles. The lowest BCUT2D eigenvalue weighted by atomic mass is 9.49. The van der Waals surface area contributed by atoms with Crippen molar-refractivity contribution in [2.75, 3.05) is 32.8 Å². The van der Waals surface area contributed by atoms with Gasteiger partial charge < -0.3 is 14.5 Å². The molecule has 5 heteroatoms. The largest absolute Gasteiger partial charge is 0.368 e. The van der Waals surface area contributed by atoms with Gasteiger partial charge in [0.2, 0.25) is 5.91 Å². The van der Waals surface area contributed by atoms with Gasteiger partial charge in [0, 0.05) is 32.8 Å². The molecule has 0 aromatic carbocycles. The first-order valence-electron chi connectivity index (χ1n) is 10.3. The SMILES string of the molecule is O=C([C@@H]1CCCO1)N1CCN(C(=O)C23CC4CC(CC(C4)C2)C3)CC1. The van der Waals surface area contributed by atoms with Crippen LogP contribution < -0.4 is 0 Å². The highest BCUT2D eigenvalue weighted by atomic mass is 16.5. The van der Waals surface area contributed by atoms with Crippen LogP contribution in [0.15, 0.2) is 0 Å². The van der Waals surface area contributed by atoms with Crippen molar-refractivity contribution in [2.24, 2.45) is 23.2 Å². The van der Waals surface area contributed by atoms with Gasteiger partial charge in [-0.3, -0.25) is 9.59 Å². The second-order valence-electron chi connectivity index (χ2n) is 9.32. The van der Waals surface area contributed by atoms with E-state index < -0.39 is 0 Å². The van der Waals surface area contributed by atoms with Crippen LogP contribution in [-0.4, -0.2) is 60.5 Å². The van der Waals surface area contributed by atoms with E-state index in [2.05, 4.69) is 4.90 Å². The first-order chi connectivity index (χ1) is 12.1. The first-order valence-corrected chi connectivity index (χ1v) is 10.3. The molecule has 5 nitrogen and oxygen atoms in total. The summed E-state index contributed by atoms with van der Waals surface area (Å²) in [6, 6.07) is 0. The van der Waals surface area contributed by atoms with Crippen molar-refractivity contribution in [3.63, 3.8) is 0 Å². The molecule has 2 amide bonds. The molecule has 2 heterocycles. The van der Waals surface area contributed by atoms with E-state index in [1.54, 1.807) is 0 Å². The Bertz CT molecular complexity index is 526. The summed E-state index contributed by atoms with van der Waals surface area (Å²) in [5.41, 5.74) is -0.0461. The molecule has 6 rings (SSSR count). The van der Waals surface area contributed by atoms with E-state index in [1.165, 1.54) is 19.3 Å². The highest BCUT2D eigenvalue weighted by Gasteiger charge is 2.55. The maximum absolute atomic E-state index is 13.4. The van der Waals surface area contributed by atoms with Crippen molar-refractivity contribution in [3.8, 4) is 0 Å². The molecule has 1 atom stereocenters. The summed E-state index contributed by atoms with van der Waals surface area (Å²) in [5.74, 6) is 2.96. The van der Waals surface area contributed by atoms with E-state index >= 15 is 0 Å². The van der Waals surface area contributed by atoms with Crippen LogP contribution in [0.25, 0.3) is 0 Å². The van der Waals surface area contributed by atoms with E-state index in [0.717, 1.165) is 49.9 Å². The maximum Gasteiger partial charge on any atom is 0.251 e. The molecule has 4 bridgehead atoms. The Labute approximate surface area is 150 Å². The van der Waals surface area contributed by atoms with Crippen molar-refractivity contribution in [1.82, 2.24) is 9.80 Å². The normalized spacial score (nSPS) is 42.9. The van der Waals surface area contributed by atoms with Crippen LogP contribution in [0.1, 0.15) is 51.4 Å². The molecule has 138 valence electrons. The van der Waals surface area contributed by atoms with Crippen molar-refractivity contribution in [1.29, 1.82) is 0 Å². The lowest BCUT2D eigenvalue weighted by Crippen LogP contribution is -2.59. The minimum absolute atomic E-state index is 0.0461. The van der Waals surface area contributed by atoms with Gasteiger partial charge in [-0.1, -0.05) is 0 Å². The molecule has 0 spiro atoms. The summed E-state index contributed by atoms with van der Waals surface area (Å²) in [7, 11) is 0. The average Bonchev–Trinajstić information content (AvgIpc) is 3.14. The quantitative estimate of drug-likeness (QED) is 0.769. The van der Waals surface area contributed by atoms with Gasteiger partial charge in [-0.05, 0) is 69.1 Å². The molecule has 0 N–H and O–H groups in total. The van der Waals surface area contributed by atoms with E-state index in [0.29, 0.717) is 38.7 Å². The third-order valence-corrected chi connectivity index (χ3v) is 7.58. The minimum atomic E-state index is -0.231. The minimum Gasteiger partial charge on any atom is -0.368 e.